The molecule has 1 saturated heterocycles. The van der Waals surface area contributed by atoms with Crippen LogP contribution in [0, 0.1) is 5.92 Å². The highest BCUT2D eigenvalue weighted by atomic mass is 32.2. The van der Waals surface area contributed by atoms with Gasteiger partial charge in [0.25, 0.3) is 0 Å². The molecule has 27 heavy (non-hydrogen) atoms. The molecule has 9 nitrogen and oxygen atoms in total. The summed E-state index contributed by atoms with van der Waals surface area (Å²) in [7, 11) is -3.96. The van der Waals surface area contributed by atoms with Crippen molar-refractivity contribution in [3.63, 3.8) is 0 Å². The maximum atomic E-state index is 12.0. The minimum atomic E-state index is -3.96. The number of sulfonamides is 1. The second-order valence-corrected chi connectivity index (χ2v) is 8.09. The third-order valence-corrected chi connectivity index (χ3v) is 5.65. The molecule has 0 saturated carbocycles. The number of tetrazole rings is 1. The number of nitrogens with zero attached hydrogens (tertiary/aromatic N) is 4. The van der Waals surface area contributed by atoms with Gasteiger partial charge in [-0.25, -0.2) is 13.6 Å². The Labute approximate surface area is 156 Å². The maximum Gasteiger partial charge on any atom is 0.238 e. The third-order valence-electron chi connectivity index (χ3n) is 4.70. The Hall–Kier alpha value is -2.69. The van der Waals surface area contributed by atoms with Crippen LogP contribution in [0.2, 0.25) is 0 Å². The average molecular weight is 385 g/mol. The van der Waals surface area contributed by atoms with E-state index in [0.717, 1.165) is 37.2 Å². The van der Waals surface area contributed by atoms with E-state index >= 15 is 0 Å². The highest BCUT2D eigenvalue weighted by Gasteiger charge is 2.22. The summed E-state index contributed by atoms with van der Waals surface area (Å²) in [6.45, 7) is 2.07. The summed E-state index contributed by atoms with van der Waals surface area (Å²) in [4.78, 5) is 4.51. The molecule has 4 N–H and O–H groups in total. The second kappa shape index (κ2) is 7.14. The summed E-state index contributed by atoms with van der Waals surface area (Å²) in [5.41, 5.74) is 2.71. The van der Waals surface area contributed by atoms with Gasteiger partial charge in [0.05, 0.1) is 10.5 Å². The molecule has 10 heteroatoms. The Bertz CT molecular complexity index is 1030. The van der Waals surface area contributed by atoms with E-state index in [1.165, 1.54) is 6.07 Å². The van der Waals surface area contributed by atoms with Crippen molar-refractivity contribution >= 4 is 10.0 Å². The lowest BCUT2D eigenvalue weighted by atomic mass is 9.98. The minimum absolute atomic E-state index is 0.0532. The molecular weight excluding hydrogens is 366 g/mol. The second-order valence-electron chi connectivity index (χ2n) is 6.56. The van der Waals surface area contributed by atoms with E-state index in [0.29, 0.717) is 17.0 Å². The summed E-state index contributed by atoms with van der Waals surface area (Å²) < 4.78 is 24.1. The SMILES string of the molecule is NS(=O)(=O)c1cccc(-c2ccc(CC3CCNC3)nc2)c1-c1nn[nH]n1. The first kappa shape index (κ1) is 17.7. The predicted molar refractivity (Wildman–Crippen MR) is 98.9 cm³/mol. The van der Waals surface area contributed by atoms with E-state index < -0.39 is 10.0 Å². The summed E-state index contributed by atoms with van der Waals surface area (Å²) >= 11 is 0. The van der Waals surface area contributed by atoms with E-state index in [1.807, 2.05) is 12.1 Å². The molecule has 1 aliphatic rings. The van der Waals surface area contributed by atoms with Crippen LogP contribution in [0.3, 0.4) is 0 Å². The fourth-order valence-corrected chi connectivity index (χ4v) is 4.15. The molecule has 3 aromatic rings. The molecule has 1 atom stereocenters. The predicted octanol–water partition coefficient (Wildman–Crippen LogP) is 0.728. The van der Waals surface area contributed by atoms with Crippen LogP contribution in [0.5, 0.6) is 0 Å². The van der Waals surface area contributed by atoms with Gasteiger partial charge < -0.3 is 5.32 Å². The van der Waals surface area contributed by atoms with Gasteiger partial charge in [-0.2, -0.15) is 5.21 Å². The number of aromatic nitrogens is 5. The van der Waals surface area contributed by atoms with Gasteiger partial charge in [0.2, 0.25) is 15.8 Å². The number of pyridine rings is 1. The Balaban J connectivity index is 1.75. The number of primary sulfonamides is 1. The lowest BCUT2D eigenvalue weighted by Crippen LogP contribution is -2.14. The Morgan fingerprint density at radius 1 is 1.22 bits per heavy atom. The zero-order valence-electron chi connectivity index (χ0n) is 14.5. The largest absolute Gasteiger partial charge is 0.316 e. The molecule has 3 heterocycles. The van der Waals surface area contributed by atoms with E-state index in [2.05, 4.69) is 30.9 Å². The van der Waals surface area contributed by atoms with Crippen molar-refractivity contribution < 1.29 is 8.42 Å². The zero-order chi connectivity index (χ0) is 18.9. The van der Waals surface area contributed by atoms with E-state index in [4.69, 9.17) is 5.14 Å². The summed E-state index contributed by atoms with van der Waals surface area (Å²) in [5, 5.41) is 22.5. The van der Waals surface area contributed by atoms with Crippen molar-refractivity contribution in [3.05, 3.63) is 42.2 Å². The quantitative estimate of drug-likeness (QED) is 0.588. The molecule has 1 fully saturated rings. The summed E-state index contributed by atoms with van der Waals surface area (Å²) in [6.07, 6.45) is 3.81. The van der Waals surface area contributed by atoms with Gasteiger partial charge in [-0.1, -0.05) is 18.2 Å². The normalized spacial score (nSPS) is 17.3. The number of rotatable bonds is 5. The van der Waals surface area contributed by atoms with Crippen LogP contribution >= 0.6 is 0 Å². The molecule has 4 rings (SSSR count). The molecular formula is C17H19N7O2S. The number of hydrogen-bond donors (Lipinski definition) is 3. The molecule has 0 radical (unpaired) electrons. The first-order chi connectivity index (χ1) is 13.0. The molecule has 2 aromatic heterocycles. The molecule has 0 bridgehead atoms. The highest BCUT2D eigenvalue weighted by molar-refractivity contribution is 7.89. The molecule has 1 aromatic carbocycles. The topological polar surface area (TPSA) is 140 Å². The van der Waals surface area contributed by atoms with Crippen molar-refractivity contribution in [1.82, 2.24) is 30.9 Å². The standard InChI is InChI=1S/C17H19N7O2S/c18-27(25,26)15-3-1-2-14(16(15)17-21-23-24-22-17)12-4-5-13(20-10-12)8-11-6-7-19-9-11/h1-5,10-11,19H,6-9H2,(H2,18,25,26)(H,21,22,23,24). The third kappa shape index (κ3) is 3.72. The van der Waals surface area contributed by atoms with Gasteiger partial charge in [0.1, 0.15) is 0 Å². The summed E-state index contributed by atoms with van der Waals surface area (Å²) in [5.74, 6) is 0.764. The number of H-pyrrole nitrogens is 1. The van der Waals surface area contributed by atoms with Crippen molar-refractivity contribution in [2.24, 2.45) is 11.1 Å². The van der Waals surface area contributed by atoms with Crippen LogP contribution in [0.25, 0.3) is 22.5 Å². The molecule has 0 amide bonds. The van der Waals surface area contributed by atoms with Crippen molar-refractivity contribution in [2.45, 2.75) is 17.7 Å². The molecule has 0 aliphatic carbocycles. The Morgan fingerprint density at radius 2 is 2.11 bits per heavy atom. The smallest absolute Gasteiger partial charge is 0.238 e. The van der Waals surface area contributed by atoms with E-state index in [-0.39, 0.29) is 10.7 Å². The van der Waals surface area contributed by atoms with Gasteiger partial charge in [-0.15, -0.1) is 10.2 Å². The maximum absolute atomic E-state index is 12.0. The van der Waals surface area contributed by atoms with Crippen LogP contribution in [0.1, 0.15) is 12.1 Å². The van der Waals surface area contributed by atoms with E-state index in [9.17, 15) is 8.42 Å². The van der Waals surface area contributed by atoms with Crippen molar-refractivity contribution in [1.29, 1.82) is 0 Å². The van der Waals surface area contributed by atoms with Crippen molar-refractivity contribution in [3.8, 4) is 22.5 Å². The zero-order valence-corrected chi connectivity index (χ0v) is 15.3. The van der Waals surface area contributed by atoms with Gasteiger partial charge in [-0.05, 0) is 54.8 Å². The molecule has 0 spiro atoms. The fraction of sp³-hybridized carbons (Fsp3) is 0.294. The molecule has 140 valence electrons. The van der Waals surface area contributed by atoms with Gasteiger partial charge in [0.15, 0.2) is 0 Å². The van der Waals surface area contributed by atoms with E-state index in [1.54, 1.807) is 18.3 Å². The first-order valence-electron chi connectivity index (χ1n) is 8.58. The van der Waals surface area contributed by atoms with Crippen molar-refractivity contribution in [2.75, 3.05) is 13.1 Å². The minimum Gasteiger partial charge on any atom is -0.316 e. The van der Waals surface area contributed by atoms with Crippen LogP contribution in [-0.2, 0) is 16.4 Å². The fourth-order valence-electron chi connectivity index (χ4n) is 3.40. The lowest BCUT2D eigenvalue weighted by molar-refractivity contribution is 0.572. The first-order valence-corrected chi connectivity index (χ1v) is 10.1. The van der Waals surface area contributed by atoms with Gasteiger partial charge in [-0.3, -0.25) is 4.98 Å². The van der Waals surface area contributed by atoms with Crippen LogP contribution in [-0.4, -0.2) is 47.1 Å². The Morgan fingerprint density at radius 3 is 2.74 bits per heavy atom. The van der Waals surface area contributed by atoms with Gasteiger partial charge >= 0.3 is 0 Å². The highest BCUT2D eigenvalue weighted by Crippen LogP contribution is 2.34. The number of nitrogens with one attached hydrogen (secondary N) is 2. The van der Waals surface area contributed by atoms with Crippen LogP contribution < -0.4 is 10.5 Å². The average Bonchev–Trinajstić information content (AvgIpc) is 3.35. The van der Waals surface area contributed by atoms with Gasteiger partial charge in [0, 0.05) is 17.5 Å². The summed E-state index contributed by atoms with van der Waals surface area (Å²) in [6, 6.07) is 8.75. The lowest BCUT2D eigenvalue weighted by Gasteiger charge is -2.12. The Kier molecular flexibility index (Phi) is 4.68. The molecule has 1 unspecified atom stereocenters. The monoisotopic (exact) mass is 385 g/mol. The number of benzene rings is 1. The van der Waals surface area contributed by atoms with Crippen LogP contribution in [0.4, 0.5) is 0 Å². The number of hydrogen-bond acceptors (Lipinski definition) is 7. The molecule has 1 aliphatic heterocycles. The van der Waals surface area contributed by atoms with Crippen LogP contribution in [0.15, 0.2) is 41.4 Å². The number of aromatic amines is 1. The number of nitrogens with two attached hydrogens (primary N) is 1.